The van der Waals surface area contributed by atoms with E-state index < -0.39 is 29.6 Å². The Hall–Kier alpha value is -3.10. The van der Waals surface area contributed by atoms with Gasteiger partial charge in [0.15, 0.2) is 22.9 Å². The first-order valence-corrected chi connectivity index (χ1v) is 9.93. The van der Waals surface area contributed by atoms with Crippen LogP contribution >= 0.6 is 22.9 Å². The van der Waals surface area contributed by atoms with Crippen molar-refractivity contribution >= 4 is 46.0 Å². The van der Waals surface area contributed by atoms with Crippen molar-refractivity contribution in [3.63, 3.8) is 0 Å². The van der Waals surface area contributed by atoms with Crippen LogP contribution in [0.3, 0.4) is 0 Å². The van der Waals surface area contributed by atoms with Crippen molar-refractivity contribution in [3.05, 3.63) is 76.1 Å². The van der Waals surface area contributed by atoms with Crippen LogP contribution in [-0.2, 0) is 14.3 Å². The van der Waals surface area contributed by atoms with Crippen LogP contribution in [0, 0.1) is 11.6 Å². The lowest BCUT2D eigenvalue weighted by Crippen LogP contribution is -2.29. The summed E-state index contributed by atoms with van der Waals surface area (Å²) in [5.41, 5.74) is 1.46. The zero-order valence-corrected chi connectivity index (χ0v) is 17.1. The molecule has 0 aliphatic carbocycles. The van der Waals surface area contributed by atoms with Crippen molar-refractivity contribution in [2.24, 2.45) is 0 Å². The van der Waals surface area contributed by atoms with Gasteiger partial charge in [0.05, 0.1) is 5.69 Å². The third-order valence-corrected chi connectivity index (χ3v) is 4.87. The van der Waals surface area contributed by atoms with Gasteiger partial charge < -0.3 is 4.74 Å². The Kier molecular flexibility index (Phi) is 6.91. The number of aromatic nitrogens is 1. The van der Waals surface area contributed by atoms with E-state index in [0.717, 1.165) is 23.5 Å². The van der Waals surface area contributed by atoms with E-state index >= 15 is 0 Å². The summed E-state index contributed by atoms with van der Waals surface area (Å²) in [4.78, 5) is 28.3. The molecule has 0 saturated carbocycles. The van der Waals surface area contributed by atoms with Gasteiger partial charge in [0.1, 0.15) is 0 Å². The number of carbonyl (C=O) groups excluding carboxylic acids is 2. The van der Waals surface area contributed by atoms with Crippen molar-refractivity contribution in [2.45, 2.75) is 13.0 Å². The molecule has 3 rings (SSSR count). The zero-order chi connectivity index (χ0) is 21.7. The molecular formula is C21H15ClF2N2O3S. The monoisotopic (exact) mass is 448 g/mol. The standard InChI is InChI=1S/C21H15ClF2N2O3S/c1-12(29-19(27)8-5-13-3-2-4-15(22)9-13)20(28)26-21-25-18(11-30-21)14-6-7-16(23)17(24)10-14/h2-12H,1H3,(H,25,26,28)/b8-5+. The summed E-state index contributed by atoms with van der Waals surface area (Å²) < 4.78 is 31.5. The largest absolute Gasteiger partial charge is 0.449 e. The molecule has 1 aromatic heterocycles. The molecule has 1 atom stereocenters. The fraction of sp³-hybridized carbons (Fsp3) is 0.0952. The second kappa shape index (κ2) is 9.60. The molecular weight excluding hydrogens is 434 g/mol. The van der Waals surface area contributed by atoms with Crippen LogP contribution in [0.5, 0.6) is 0 Å². The summed E-state index contributed by atoms with van der Waals surface area (Å²) in [6, 6.07) is 10.3. The Labute approximate surface area is 180 Å². The molecule has 0 aliphatic rings. The van der Waals surface area contributed by atoms with Crippen LogP contribution in [0.1, 0.15) is 12.5 Å². The van der Waals surface area contributed by atoms with Crippen molar-refractivity contribution in [3.8, 4) is 11.3 Å². The molecule has 154 valence electrons. The predicted molar refractivity (Wildman–Crippen MR) is 112 cm³/mol. The quantitative estimate of drug-likeness (QED) is 0.409. The van der Waals surface area contributed by atoms with Crippen LogP contribution in [-0.4, -0.2) is 23.0 Å². The maximum absolute atomic E-state index is 13.4. The third kappa shape index (κ3) is 5.71. The Balaban J connectivity index is 1.57. The lowest BCUT2D eigenvalue weighted by molar-refractivity contribution is -0.148. The van der Waals surface area contributed by atoms with E-state index in [1.54, 1.807) is 29.6 Å². The molecule has 5 nitrogen and oxygen atoms in total. The smallest absolute Gasteiger partial charge is 0.331 e. The predicted octanol–water partition coefficient (Wildman–Crippen LogP) is 5.33. The summed E-state index contributed by atoms with van der Waals surface area (Å²) >= 11 is 6.98. The maximum Gasteiger partial charge on any atom is 0.331 e. The van der Waals surface area contributed by atoms with Gasteiger partial charge in [0, 0.05) is 22.0 Å². The van der Waals surface area contributed by atoms with Crippen molar-refractivity contribution < 1.29 is 23.1 Å². The third-order valence-electron chi connectivity index (χ3n) is 3.87. The van der Waals surface area contributed by atoms with Gasteiger partial charge in [0.25, 0.3) is 5.91 Å². The Morgan fingerprint density at radius 3 is 2.73 bits per heavy atom. The minimum Gasteiger partial charge on any atom is -0.449 e. The number of nitrogens with zero attached hydrogens (tertiary/aromatic N) is 1. The van der Waals surface area contributed by atoms with E-state index in [2.05, 4.69) is 10.3 Å². The average Bonchev–Trinajstić information content (AvgIpc) is 3.17. The van der Waals surface area contributed by atoms with Gasteiger partial charge in [-0.1, -0.05) is 23.7 Å². The number of thiazole rings is 1. The number of anilines is 1. The van der Waals surface area contributed by atoms with Crippen molar-refractivity contribution in [2.75, 3.05) is 5.32 Å². The highest BCUT2D eigenvalue weighted by atomic mass is 35.5. The molecule has 0 radical (unpaired) electrons. The average molecular weight is 449 g/mol. The number of nitrogens with one attached hydrogen (secondary N) is 1. The number of benzene rings is 2. The van der Waals surface area contributed by atoms with Gasteiger partial charge in [-0.25, -0.2) is 18.6 Å². The zero-order valence-electron chi connectivity index (χ0n) is 15.6. The van der Waals surface area contributed by atoms with Crippen molar-refractivity contribution in [1.82, 2.24) is 4.98 Å². The lowest BCUT2D eigenvalue weighted by atomic mass is 10.2. The van der Waals surface area contributed by atoms with E-state index in [0.29, 0.717) is 21.8 Å². The number of carbonyl (C=O) groups is 2. The summed E-state index contributed by atoms with van der Waals surface area (Å²) in [5.74, 6) is -3.22. The topological polar surface area (TPSA) is 68.3 Å². The molecule has 9 heteroatoms. The minimum atomic E-state index is -1.07. The van der Waals surface area contributed by atoms with Gasteiger partial charge in [-0.3, -0.25) is 10.1 Å². The van der Waals surface area contributed by atoms with Gasteiger partial charge in [-0.15, -0.1) is 11.3 Å². The highest BCUT2D eigenvalue weighted by Crippen LogP contribution is 2.26. The summed E-state index contributed by atoms with van der Waals surface area (Å²) in [7, 11) is 0. The van der Waals surface area contributed by atoms with Crippen LogP contribution in [0.15, 0.2) is 53.9 Å². The van der Waals surface area contributed by atoms with E-state index in [1.807, 2.05) is 0 Å². The summed E-state index contributed by atoms with van der Waals surface area (Å²) in [5, 5.41) is 4.88. The fourth-order valence-electron chi connectivity index (χ4n) is 2.37. The Bertz CT molecular complexity index is 1120. The number of hydrogen-bond donors (Lipinski definition) is 1. The van der Waals surface area contributed by atoms with Crippen LogP contribution in [0.2, 0.25) is 5.02 Å². The number of esters is 1. The second-order valence-corrected chi connectivity index (χ2v) is 7.42. The van der Waals surface area contributed by atoms with Gasteiger partial charge >= 0.3 is 5.97 Å². The van der Waals surface area contributed by atoms with Gasteiger partial charge in [-0.05, 0) is 48.9 Å². The fourth-order valence-corrected chi connectivity index (χ4v) is 3.29. The highest BCUT2D eigenvalue weighted by molar-refractivity contribution is 7.14. The van der Waals surface area contributed by atoms with Crippen LogP contribution < -0.4 is 5.32 Å². The lowest BCUT2D eigenvalue weighted by Gasteiger charge is -2.10. The van der Waals surface area contributed by atoms with Crippen molar-refractivity contribution in [1.29, 1.82) is 0 Å². The first-order chi connectivity index (χ1) is 14.3. The molecule has 2 aromatic carbocycles. The molecule has 0 spiro atoms. The number of ether oxygens (including phenoxy) is 1. The molecule has 1 heterocycles. The summed E-state index contributed by atoms with van der Waals surface area (Å²) in [6.45, 7) is 1.42. The van der Waals surface area contributed by atoms with E-state index in [9.17, 15) is 18.4 Å². The molecule has 1 N–H and O–H groups in total. The maximum atomic E-state index is 13.4. The first-order valence-electron chi connectivity index (χ1n) is 8.68. The molecule has 0 saturated heterocycles. The summed E-state index contributed by atoms with van der Waals surface area (Å²) in [6.07, 6.45) is 1.64. The first kappa shape index (κ1) is 21.6. The highest BCUT2D eigenvalue weighted by Gasteiger charge is 2.18. The number of rotatable bonds is 6. The van der Waals surface area contributed by atoms with E-state index in [-0.39, 0.29) is 5.13 Å². The minimum absolute atomic E-state index is 0.233. The molecule has 0 fully saturated rings. The SMILES string of the molecule is CC(OC(=O)/C=C/c1cccc(Cl)c1)C(=O)Nc1nc(-c2ccc(F)c(F)c2)cs1. The molecule has 0 bridgehead atoms. The normalized spacial score (nSPS) is 12.0. The molecule has 30 heavy (non-hydrogen) atoms. The van der Waals surface area contributed by atoms with Crippen LogP contribution in [0.4, 0.5) is 13.9 Å². The Morgan fingerprint density at radius 1 is 1.20 bits per heavy atom. The van der Waals surface area contributed by atoms with Crippen LogP contribution in [0.25, 0.3) is 17.3 Å². The van der Waals surface area contributed by atoms with E-state index in [1.165, 1.54) is 25.1 Å². The molecule has 1 amide bonds. The molecule has 1 unspecified atom stereocenters. The number of hydrogen-bond acceptors (Lipinski definition) is 5. The van der Waals surface area contributed by atoms with Gasteiger partial charge in [0.2, 0.25) is 0 Å². The Morgan fingerprint density at radius 2 is 2.00 bits per heavy atom. The van der Waals surface area contributed by atoms with E-state index in [4.69, 9.17) is 16.3 Å². The van der Waals surface area contributed by atoms with Gasteiger partial charge in [-0.2, -0.15) is 0 Å². The molecule has 3 aromatic rings. The number of halogens is 3. The number of amides is 1. The molecule has 0 aliphatic heterocycles. The second-order valence-electron chi connectivity index (χ2n) is 6.12.